The van der Waals surface area contributed by atoms with Crippen molar-refractivity contribution in [1.82, 2.24) is 19.7 Å². The van der Waals surface area contributed by atoms with Gasteiger partial charge >= 0.3 is 0 Å². The molecular weight excluding hydrogens is 460 g/mol. The fraction of sp³-hybridized carbons (Fsp3) is 0.467. The molecule has 188 valence electrons. The van der Waals surface area contributed by atoms with E-state index in [0.717, 1.165) is 66.9 Å². The van der Waals surface area contributed by atoms with Crippen LogP contribution in [0.2, 0.25) is 0 Å². The van der Waals surface area contributed by atoms with Crippen molar-refractivity contribution in [1.29, 1.82) is 5.26 Å². The van der Waals surface area contributed by atoms with Gasteiger partial charge in [0.05, 0.1) is 17.4 Å². The summed E-state index contributed by atoms with van der Waals surface area (Å²) < 4.78 is 1.93. The minimum atomic E-state index is 0.00187. The van der Waals surface area contributed by atoms with E-state index in [0.29, 0.717) is 17.4 Å². The van der Waals surface area contributed by atoms with Gasteiger partial charge in [-0.25, -0.2) is 4.98 Å². The monoisotopic (exact) mass is 492 g/mol. The highest BCUT2D eigenvalue weighted by atomic mass is 16.2. The van der Waals surface area contributed by atoms with Crippen LogP contribution in [0, 0.1) is 28.1 Å². The maximum absolute atomic E-state index is 12.1. The number of amides is 1. The SMILES string of the molecule is C=CC(=O)N1CC2(CCN(c3nc4c(c(-c5cccc6cnn(C)c56)c3C#N)C[C@H]3C[C@@H]4C3(C)C)C2)C1. The summed E-state index contributed by atoms with van der Waals surface area (Å²) in [6.45, 7) is 11.6. The third-order valence-electron chi connectivity index (χ3n) is 9.98. The predicted molar refractivity (Wildman–Crippen MR) is 143 cm³/mol. The molecule has 1 spiro atoms. The van der Waals surface area contributed by atoms with E-state index in [9.17, 15) is 10.1 Å². The maximum Gasteiger partial charge on any atom is 0.245 e. The molecule has 2 atom stereocenters. The fourth-order valence-corrected chi connectivity index (χ4v) is 7.69. The van der Waals surface area contributed by atoms with Crippen LogP contribution in [0.15, 0.2) is 37.1 Å². The lowest BCUT2D eigenvalue weighted by atomic mass is 9.48. The minimum Gasteiger partial charge on any atom is -0.355 e. The number of nitrogens with zero attached hydrogens (tertiary/aromatic N) is 6. The zero-order valence-corrected chi connectivity index (χ0v) is 21.8. The summed E-state index contributed by atoms with van der Waals surface area (Å²) in [7, 11) is 1.98. The molecule has 4 heterocycles. The lowest BCUT2D eigenvalue weighted by molar-refractivity contribution is -0.136. The smallest absolute Gasteiger partial charge is 0.245 e. The zero-order chi connectivity index (χ0) is 25.7. The third kappa shape index (κ3) is 2.96. The number of para-hydroxylation sites is 1. The highest BCUT2D eigenvalue weighted by Gasteiger charge is 2.55. The Morgan fingerprint density at radius 3 is 2.81 bits per heavy atom. The van der Waals surface area contributed by atoms with Crippen molar-refractivity contribution in [2.24, 2.45) is 23.8 Å². The molecule has 2 aromatic heterocycles. The van der Waals surface area contributed by atoms with E-state index in [1.165, 1.54) is 23.8 Å². The number of aryl methyl sites for hydroxylation is 1. The largest absolute Gasteiger partial charge is 0.355 e. The first-order valence-electron chi connectivity index (χ1n) is 13.3. The average Bonchev–Trinajstić information content (AvgIpc) is 3.50. The molecule has 3 aromatic rings. The van der Waals surface area contributed by atoms with Crippen molar-refractivity contribution >= 4 is 22.6 Å². The Bertz CT molecular complexity index is 1540. The Morgan fingerprint density at radius 1 is 1.27 bits per heavy atom. The predicted octanol–water partition coefficient (Wildman–Crippen LogP) is 4.42. The molecule has 5 aliphatic rings. The second-order valence-corrected chi connectivity index (χ2v) is 12.3. The van der Waals surface area contributed by atoms with Crippen LogP contribution in [0.25, 0.3) is 22.0 Å². The molecule has 2 bridgehead atoms. The molecule has 1 amide bonds. The Labute approximate surface area is 217 Å². The second kappa shape index (κ2) is 7.44. The molecule has 7 heteroatoms. The standard InChI is InChI=1S/C30H32N6O/c1-5-24(37)36-16-30(17-36)9-10-35(15-30)28-22(13-31)25(20-8-6-7-18-14-32-34(4)27(18)20)21-11-19-12-23(26(21)33-28)29(19,2)3/h5-8,14,19,23H,1,9-12,15-17H2,2-4H3/t19-,23-/m0/s1. The number of likely N-dealkylation sites (tertiary alicyclic amines) is 1. The third-order valence-corrected chi connectivity index (χ3v) is 9.98. The number of carbonyl (C=O) groups excluding carboxylic acids is 1. The van der Waals surface area contributed by atoms with Crippen molar-refractivity contribution in [2.75, 3.05) is 31.1 Å². The molecule has 37 heavy (non-hydrogen) atoms. The van der Waals surface area contributed by atoms with Crippen LogP contribution in [-0.4, -0.2) is 51.8 Å². The van der Waals surface area contributed by atoms with Gasteiger partial charge < -0.3 is 9.80 Å². The lowest BCUT2D eigenvalue weighted by Crippen LogP contribution is -2.59. The van der Waals surface area contributed by atoms with Crippen LogP contribution in [0.4, 0.5) is 5.82 Å². The molecule has 3 aliphatic carbocycles. The number of anilines is 1. The number of pyridine rings is 1. The average molecular weight is 493 g/mol. The Kier molecular flexibility index (Phi) is 4.53. The molecule has 2 saturated heterocycles. The van der Waals surface area contributed by atoms with E-state index < -0.39 is 0 Å². The lowest BCUT2D eigenvalue weighted by Gasteiger charge is -2.57. The van der Waals surface area contributed by atoms with E-state index in [-0.39, 0.29) is 16.7 Å². The normalized spacial score (nSPS) is 24.4. The van der Waals surface area contributed by atoms with Gasteiger partial charge in [-0.3, -0.25) is 9.48 Å². The van der Waals surface area contributed by atoms with E-state index in [4.69, 9.17) is 4.98 Å². The number of aromatic nitrogens is 3. The molecule has 7 nitrogen and oxygen atoms in total. The van der Waals surface area contributed by atoms with Gasteiger partial charge in [0.15, 0.2) is 0 Å². The van der Waals surface area contributed by atoms with E-state index >= 15 is 0 Å². The topological polar surface area (TPSA) is 78.1 Å². The number of benzene rings is 1. The van der Waals surface area contributed by atoms with Crippen molar-refractivity contribution in [3.63, 3.8) is 0 Å². The number of nitriles is 1. The summed E-state index contributed by atoms with van der Waals surface area (Å²) in [6.07, 6.45) is 6.44. The van der Waals surface area contributed by atoms with E-state index in [1.807, 2.05) is 22.8 Å². The summed E-state index contributed by atoms with van der Waals surface area (Å²) in [4.78, 5) is 21.6. The van der Waals surface area contributed by atoms with Gasteiger partial charge in [-0.15, -0.1) is 0 Å². The molecule has 2 aliphatic heterocycles. The number of carbonyl (C=O) groups is 1. The van der Waals surface area contributed by atoms with Crippen LogP contribution in [-0.2, 0) is 18.3 Å². The van der Waals surface area contributed by atoms with Crippen molar-refractivity contribution < 1.29 is 4.79 Å². The number of hydrogen-bond acceptors (Lipinski definition) is 5. The molecule has 1 aromatic carbocycles. The fourth-order valence-electron chi connectivity index (χ4n) is 7.69. The van der Waals surface area contributed by atoms with Gasteiger partial charge in [-0.2, -0.15) is 10.4 Å². The molecule has 0 N–H and O–H groups in total. The van der Waals surface area contributed by atoms with Crippen LogP contribution in [0.3, 0.4) is 0 Å². The Hall–Kier alpha value is -3.66. The molecular formula is C30H32N6O. The molecule has 0 unspecified atom stereocenters. The maximum atomic E-state index is 12.1. The van der Waals surface area contributed by atoms with Gasteiger partial charge in [0.2, 0.25) is 5.91 Å². The first-order valence-corrected chi connectivity index (χ1v) is 13.3. The van der Waals surface area contributed by atoms with E-state index in [2.05, 4.69) is 54.7 Å². The van der Waals surface area contributed by atoms with Crippen LogP contribution >= 0.6 is 0 Å². The Morgan fingerprint density at radius 2 is 2.08 bits per heavy atom. The minimum absolute atomic E-state index is 0.00187. The summed E-state index contributed by atoms with van der Waals surface area (Å²) in [6, 6.07) is 8.91. The van der Waals surface area contributed by atoms with Gasteiger partial charge in [-0.1, -0.05) is 38.6 Å². The summed E-state index contributed by atoms with van der Waals surface area (Å²) >= 11 is 0. The first kappa shape index (κ1) is 22.5. The quantitative estimate of drug-likeness (QED) is 0.506. The number of rotatable bonds is 3. The van der Waals surface area contributed by atoms with Crippen LogP contribution in [0.1, 0.15) is 49.4 Å². The van der Waals surface area contributed by atoms with Gasteiger partial charge in [0.1, 0.15) is 17.5 Å². The van der Waals surface area contributed by atoms with Crippen molar-refractivity contribution in [3.05, 3.63) is 53.9 Å². The van der Waals surface area contributed by atoms with Crippen LogP contribution < -0.4 is 4.90 Å². The molecule has 3 fully saturated rings. The molecule has 1 saturated carbocycles. The summed E-state index contributed by atoms with van der Waals surface area (Å²) in [5.74, 6) is 1.86. The van der Waals surface area contributed by atoms with Gasteiger partial charge in [0.25, 0.3) is 0 Å². The first-order chi connectivity index (χ1) is 17.8. The second-order valence-electron chi connectivity index (χ2n) is 12.3. The number of fused-ring (bicyclic) bond motifs is 1. The summed E-state index contributed by atoms with van der Waals surface area (Å²) in [5, 5.41) is 16.3. The highest BCUT2D eigenvalue weighted by Crippen LogP contribution is 2.63. The van der Waals surface area contributed by atoms with Crippen molar-refractivity contribution in [2.45, 2.75) is 39.0 Å². The van der Waals surface area contributed by atoms with E-state index in [1.54, 1.807) is 0 Å². The number of hydrogen-bond donors (Lipinski definition) is 0. The van der Waals surface area contributed by atoms with Crippen LogP contribution in [0.5, 0.6) is 0 Å². The van der Waals surface area contributed by atoms with Gasteiger partial charge in [-0.05, 0) is 42.2 Å². The summed E-state index contributed by atoms with van der Waals surface area (Å²) in [5.41, 5.74) is 6.63. The Balaban J connectivity index is 1.39. The zero-order valence-electron chi connectivity index (χ0n) is 21.8. The highest BCUT2D eigenvalue weighted by molar-refractivity contribution is 5.97. The van der Waals surface area contributed by atoms with Crippen molar-refractivity contribution in [3.8, 4) is 17.2 Å². The molecule has 0 radical (unpaired) electrons. The molecule has 8 rings (SSSR count). The van der Waals surface area contributed by atoms with Gasteiger partial charge in [0, 0.05) is 61.1 Å².